The maximum Gasteiger partial charge on any atom is 0.411 e. The van der Waals surface area contributed by atoms with E-state index in [0.717, 1.165) is 0 Å². The zero-order valence-electron chi connectivity index (χ0n) is 7.32. The van der Waals surface area contributed by atoms with Crippen molar-refractivity contribution in [2.45, 2.75) is 0 Å². The number of amides is 1. The number of H-pyrrole nitrogens is 1. The van der Waals surface area contributed by atoms with Gasteiger partial charge in [-0.2, -0.15) is 0 Å². The number of hydrogen-bond donors (Lipinski definition) is 3. The highest BCUT2D eigenvalue weighted by molar-refractivity contribution is 5.84. The predicted octanol–water partition coefficient (Wildman–Crippen LogP) is -0.0843. The lowest BCUT2D eigenvalue weighted by Crippen LogP contribution is -2.16. The van der Waals surface area contributed by atoms with E-state index in [-0.39, 0.29) is 18.8 Å². The van der Waals surface area contributed by atoms with Gasteiger partial charge in [-0.25, -0.2) is 4.79 Å². The van der Waals surface area contributed by atoms with Crippen LogP contribution in [0.3, 0.4) is 0 Å². The fourth-order valence-electron chi connectivity index (χ4n) is 0.781. The number of aromatic amines is 1. The minimum atomic E-state index is -0.675. The number of anilines is 1. The summed E-state index contributed by atoms with van der Waals surface area (Å²) in [6, 6.07) is 2.72. The van der Waals surface area contributed by atoms with Gasteiger partial charge >= 0.3 is 6.09 Å². The van der Waals surface area contributed by atoms with Gasteiger partial charge in [0.2, 0.25) is 5.56 Å². The van der Waals surface area contributed by atoms with Crippen LogP contribution in [0.15, 0.2) is 23.1 Å². The van der Waals surface area contributed by atoms with E-state index in [1.54, 1.807) is 0 Å². The van der Waals surface area contributed by atoms with Gasteiger partial charge in [-0.3, -0.25) is 10.1 Å². The number of nitrogens with one attached hydrogen (secondary N) is 2. The molecule has 0 aliphatic carbocycles. The lowest BCUT2D eigenvalue weighted by atomic mass is 10.4. The average Bonchev–Trinajstić information content (AvgIpc) is 2.18. The number of aliphatic hydroxyl groups excluding tert-OH is 1. The summed E-state index contributed by atoms with van der Waals surface area (Å²) < 4.78 is 4.53. The zero-order valence-corrected chi connectivity index (χ0v) is 7.32. The molecule has 76 valence electrons. The molecule has 0 fully saturated rings. The molecule has 0 saturated carbocycles. The first kappa shape index (κ1) is 10.3. The molecule has 6 heteroatoms. The van der Waals surface area contributed by atoms with Crippen molar-refractivity contribution >= 4 is 11.8 Å². The Morgan fingerprint density at radius 1 is 1.57 bits per heavy atom. The molecule has 1 aromatic heterocycles. The molecule has 0 bridgehead atoms. The topological polar surface area (TPSA) is 91.4 Å². The third-order valence-corrected chi connectivity index (χ3v) is 1.36. The monoisotopic (exact) mass is 198 g/mol. The van der Waals surface area contributed by atoms with Crippen LogP contribution in [0.25, 0.3) is 0 Å². The predicted molar refractivity (Wildman–Crippen MR) is 49.1 cm³/mol. The Morgan fingerprint density at radius 2 is 2.36 bits per heavy atom. The minimum Gasteiger partial charge on any atom is -0.447 e. The molecule has 0 atom stereocenters. The number of carbonyl (C=O) groups excluding carboxylic acids is 1. The van der Waals surface area contributed by atoms with Crippen molar-refractivity contribution in [2.75, 3.05) is 18.5 Å². The summed E-state index contributed by atoms with van der Waals surface area (Å²) in [5, 5.41) is 10.7. The first-order valence-electron chi connectivity index (χ1n) is 3.96. The molecule has 0 unspecified atom stereocenters. The normalized spacial score (nSPS) is 9.50. The van der Waals surface area contributed by atoms with Crippen LogP contribution < -0.4 is 10.9 Å². The van der Waals surface area contributed by atoms with Crippen molar-refractivity contribution in [1.29, 1.82) is 0 Å². The van der Waals surface area contributed by atoms with Crippen molar-refractivity contribution in [3.63, 3.8) is 0 Å². The van der Waals surface area contributed by atoms with Crippen LogP contribution in [0.4, 0.5) is 10.5 Å². The highest BCUT2D eigenvalue weighted by Crippen LogP contribution is 2.00. The molecule has 0 aromatic carbocycles. The summed E-state index contributed by atoms with van der Waals surface area (Å²) in [5.74, 6) is 0. The number of aromatic nitrogens is 1. The van der Waals surface area contributed by atoms with E-state index in [0.29, 0.717) is 5.69 Å². The van der Waals surface area contributed by atoms with Gasteiger partial charge in [0.1, 0.15) is 6.61 Å². The smallest absolute Gasteiger partial charge is 0.411 e. The molecule has 1 rings (SSSR count). The SMILES string of the molecule is O=C(Nc1ccc(=O)[nH]c1)OCCO. The zero-order chi connectivity index (χ0) is 10.4. The lowest BCUT2D eigenvalue weighted by Gasteiger charge is -2.04. The first-order valence-corrected chi connectivity index (χ1v) is 3.96. The Morgan fingerprint density at radius 3 is 2.93 bits per heavy atom. The average molecular weight is 198 g/mol. The van der Waals surface area contributed by atoms with Gasteiger partial charge < -0.3 is 14.8 Å². The summed E-state index contributed by atoms with van der Waals surface area (Å²) in [7, 11) is 0. The van der Waals surface area contributed by atoms with Gasteiger partial charge in [0.15, 0.2) is 0 Å². The Kier molecular flexibility index (Phi) is 3.69. The molecule has 0 radical (unpaired) electrons. The van der Waals surface area contributed by atoms with E-state index in [2.05, 4.69) is 15.0 Å². The number of aliphatic hydroxyl groups is 1. The van der Waals surface area contributed by atoms with Crippen molar-refractivity contribution in [3.8, 4) is 0 Å². The van der Waals surface area contributed by atoms with Gasteiger partial charge in [0.25, 0.3) is 0 Å². The molecule has 1 aromatic rings. The highest BCUT2D eigenvalue weighted by atomic mass is 16.6. The maximum atomic E-state index is 10.9. The molecule has 1 heterocycles. The third kappa shape index (κ3) is 3.28. The molecule has 0 spiro atoms. The third-order valence-electron chi connectivity index (χ3n) is 1.36. The summed E-state index contributed by atoms with van der Waals surface area (Å²) in [5.41, 5.74) is 0.173. The number of carbonyl (C=O) groups is 1. The Bertz CT molecular complexity index is 340. The number of rotatable bonds is 3. The van der Waals surface area contributed by atoms with Crippen LogP contribution in [0.5, 0.6) is 0 Å². The fourth-order valence-corrected chi connectivity index (χ4v) is 0.781. The Hall–Kier alpha value is -1.82. The van der Waals surface area contributed by atoms with Crippen LogP contribution in [0.1, 0.15) is 0 Å². The van der Waals surface area contributed by atoms with Crippen molar-refractivity contribution in [1.82, 2.24) is 4.98 Å². The van der Waals surface area contributed by atoms with E-state index in [1.807, 2.05) is 0 Å². The molecular weight excluding hydrogens is 188 g/mol. The molecule has 0 aliphatic heterocycles. The largest absolute Gasteiger partial charge is 0.447 e. The number of pyridine rings is 1. The van der Waals surface area contributed by atoms with Gasteiger partial charge in [0.05, 0.1) is 12.3 Å². The van der Waals surface area contributed by atoms with E-state index < -0.39 is 6.09 Å². The van der Waals surface area contributed by atoms with Gasteiger partial charge in [-0.05, 0) is 6.07 Å². The standard InChI is InChI=1S/C8H10N2O4/c11-3-4-14-8(13)10-6-1-2-7(12)9-5-6/h1-2,5,11H,3-4H2,(H,9,12)(H,10,13). The Labute approximate surface area is 79.5 Å². The highest BCUT2D eigenvalue weighted by Gasteiger charge is 2.01. The van der Waals surface area contributed by atoms with Crippen LogP contribution in [0, 0.1) is 0 Å². The summed E-state index contributed by atoms with van der Waals surface area (Å²) >= 11 is 0. The van der Waals surface area contributed by atoms with E-state index in [4.69, 9.17) is 5.11 Å². The molecule has 0 saturated heterocycles. The van der Waals surface area contributed by atoms with Gasteiger partial charge in [-0.15, -0.1) is 0 Å². The lowest BCUT2D eigenvalue weighted by molar-refractivity contribution is 0.131. The molecule has 1 amide bonds. The van der Waals surface area contributed by atoms with E-state index >= 15 is 0 Å². The molecule has 3 N–H and O–H groups in total. The van der Waals surface area contributed by atoms with Crippen LogP contribution >= 0.6 is 0 Å². The number of ether oxygens (including phenoxy) is 1. The van der Waals surface area contributed by atoms with Crippen molar-refractivity contribution in [3.05, 3.63) is 28.7 Å². The van der Waals surface area contributed by atoms with Crippen LogP contribution in [0.2, 0.25) is 0 Å². The van der Waals surface area contributed by atoms with Crippen LogP contribution in [-0.4, -0.2) is 29.4 Å². The molecular formula is C8H10N2O4. The van der Waals surface area contributed by atoms with E-state index in [1.165, 1.54) is 18.3 Å². The van der Waals surface area contributed by atoms with Gasteiger partial charge in [0, 0.05) is 12.3 Å². The second-order valence-corrected chi connectivity index (χ2v) is 2.43. The van der Waals surface area contributed by atoms with Gasteiger partial charge in [-0.1, -0.05) is 0 Å². The maximum absolute atomic E-state index is 10.9. The summed E-state index contributed by atoms with van der Waals surface area (Å²) in [6.45, 7) is -0.284. The molecule has 14 heavy (non-hydrogen) atoms. The van der Waals surface area contributed by atoms with Crippen molar-refractivity contribution in [2.24, 2.45) is 0 Å². The fraction of sp³-hybridized carbons (Fsp3) is 0.250. The summed E-state index contributed by atoms with van der Waals surface area (Å²) in [4.78, 5) is 24.0. The Balaban J connectivity index is 2.48. The second kappa shape index (κ2) is 5.03. The van der Waals surface area contributed by atoms with E-state index in [9.17, 15) is 9.59 Å². The van der Waals surface area contributed by atoms with Crippen molar-refractivity contribution < 1.29 is 14.6 Å². The van der Waals surface area contributed by atoms with Crippen LogP contribution in [-0.2, 0) is 4.74 Å². The number of hydrogen-bond acceptors (Lipinski definition) is 4. The quantitative estimate of drug-likeness (QED) is 0.633. The molecule has 0 aliphatic rings. The molecule has 6 nitrogen and oxygen atoms in total. The second-order valence-electron chi connectivity index (χ2n) is 2.43. The summed E-state index contributed by atoms with van der Waals surface area (Å²) in [6.07, 6.45) is 0.675. The minimum absolute atomic E-state index is 0.0603. The first-order chi connectivity index (χ1) is 6.72.